The fourth-order valence-corrected chi connectivity index (χ4v) is 0.534. The van der Waals surface area contributed by atoms with Gasteiger partial charge in [0, 0.05) is 0 Å². The van der Waals surface area contributed by atoms with E-state index in [0.717, 1.165) is 6.42 Å². The molecule has 0 amide bonds. The molecule has 80 valence electrons. The number of hydrogen-bond donors (Lipinski definition) is 4. The lowest BCUT2D eigenvalue weighted by Gasteiger charge is -2.03. The van der Waals surface area contributed by atoms with Crippen molar-refractivity contribution in [2.45, 2.75) is 25.9 Å². The number of thiocarbonyl (C=S) groups is 1. The van der Waals surface area contributed by atoms with Gasteiger partial charge in [-0.3, -0.25) is 9.11 Å². The minimum absolute atomic E-state index is 0.201. The third kappa shape index (κ3) is 24.5. The molecular weight excluding hydrogens is 218 g/mol. The molecule has 5 N–H and O–H groups in total. The van der Waals surface area contributed by atoms with Crippen LogP contribution in [0.5, 0.6) is 0 Å². The fourth-order valence-electron chi connectivity index (χ4n) is 0.416. The lowest BCUT2D eigenvalue weighted by molar-refractivity contribution is 0.231. The molecule has 1 atom stereocenters. The maximum atomic E-state index is 8.86. The normalized spacial score (nSPS) is 12.6. The van der Waals surface area contributed by atoms with Crippen molar-refractivity contribution in [2.75, 3.05) is 0 Å². The Bertz CT molecular complexity index is 229. The molecule has 0 heterocycles. The zero-order valence-corrected chi connectivity index (χ0v) is 8.68. The monoisotopic (exact) mass is 231 g/mol. The van der Waals surface area contributed by atoms with Gasteiger partial charge in [-0.15, -0.1) is 0 Å². The maximum Gasteiger partial charge on any atom is 0.394 e. The van der Waals surface area contributed by atoms with Gasteiger partial charge in [0.2, 0.25) is 0 Å². The average molecular weight is 231 g/mol. The van der Waals surface area contributed by atoms with Crippen molar-refractivity contribution in [3.05, 3.63) is 0 Å². The second-order valence-electron chi connectivity index (χ2n) is 2.15. The van der Waals surface area contributed by atoms with Crippen LogP contribution >= 0.6 is 12.2 Å². The quantitative estimate of drug-likeness (QED) is 0.391. The van der Waals surface area contributed by atoms with Gasteiger partial charge in [0.1, 0.15) is 11.1 Å². The Balaban J connectivity index is 0. The highest BCUT2D eigenvalue weighted by Gasteiger charge is 2.02. The standard InChI is InChI=1S/C5H11NOS.H2O4S/c1-2-3-4(7)5(6)8;1-5(2,3)4/h4,7H,2-3H2,1H3,(H2,6,8);(H2,1,2,3,4). The lowest BCUT2D eigenvalue weighted by Crippen LogP contribution is -2.25. The van der Waals surface area contributed by atoms with Gasteiger partial charge < -0.3 is 10.8 Å². The van der Waals surface area contributed by atoms with Gasteiger partial charge in [0.25, 0.3) is 0 Å². The van der Waals surface area contributed by atoms with Gasteiger partial charge in [0.15, 0.2) is 0 Å². The topological polar surface area (TPSA) is 121 Å². The van der Waals surface area contributed by atoms with Crippen molar-refractivity contribution >= 4 is 27.6 Å². The highest BCUT2D eigenvalue weighted by atomic mass is 32.3. The number of aliphatic hydroxyl groups is 1. The van der Waals surface area contributed by atoms with Crippen LogP contribution in [-0.2, 0) is 10.4 Å². The van der Waals surface area contributed by atoms with Crippen LogP contribution in [-0.4, -0.2) is 33.7 Å². The first kappa shape index (κ1) is 15.2. The maximum absolute atomic E-state index is 8.86. The molecule has 0 saturated carbocycles. The largest absolute Gasteiger partial charge is 0.394 e. The summed E-state index contributed by atoms with van der Waals surface area (Å²) in [5.41, 5.74) is 5.10. The smallest absolute Gasteiger partial charge is 0.391 e. The number of nitrogens with two attached hydrogens (primary N) is 1. The molecule has 0 spiro atoms. The van der Waals surface area contributed by atoms with E-state index in [-0.39, 0.29) is 4.99 Å². The molecule has 6 nitrogen and oxygen atoms in total. The molecule has 13 heavy (non-hydrogen) atoms. The fraction of sp³-hybridized carbons (Fsp3) is 0.800. The predicted octanol–water partition coefficient (Wildman–Crippen LogP) is -0.219. The van der Waals surface area contributed by atoms with E-state index in [0.29, 0.717) is 6.42 Å². The summed E-state index contributed by atoms with van der Waals surface area (Å²) in [5, 5.41) is 8.86. The highest BCUT2D eigenvalue weighted by Crippen LogP contribution is 1.94. The molecule has 0 saturated heterocycles. The summed E-state index contributed by atoms with van der Waals surface area (Å²) in [4.78, 5) is 0.201. The third-order valence-corrected chi connectivity index (χ3v) is 1.16. The van der Waals surface area contributed by atoms with Gasteiger partial charge in [-0.1, -0.05) is 25.6 Å². The molecule has 8 heteroatoms. The summed E-state index contributed by atoms with van der Waals surface area (Å²) in [5.74, 6) is 0. The van der Waals surface area contributed by atoms with Gasteiger partial charge in [-0.05, 0) is 6.42 Å². The van der Waals surface area contributed by atoms with Gasteiger partial charge in [0.05, 0.1) is 0 Å². The third-order valence-electron chi connectivity index (χ3n) is 0.891. The summed E-state index contributed by atoms with van der Waals surface area (Å²) in [7, 11) is -4.67. The minimum atomic E-state index is -4.67. The zero-order valence-electron chi connectivity index (χ0n) is 7.04. The van der Waals surface area contributed by atoms with Crippen molar-refractivity contribution in [3.63, 3.8) is 0 Å². The summed E-state index contributed by atoms with van der Waals surface area (Å²) < 4.78 is 31.6. The Morgan fingerprint density at radius 3 is 1.92 bits per heavy atom. The molecule has 0 aliphatic rings. The molecule has 0 aliphatic heterocycles. The van der Waals surface area contributed by atoms with Crippen LogP contribution in [0.2, 0.25) is 0 Å². The summed E-state index contributed by atoms with van der Waals surface area (Å²) in [6.07, 6.45) is 1.02. The molecule has 1 unspecified atom stereocenters. The van der Waals surface area contributed by atoms with Crippen molar-refractivity contribution in [3.8, 4) is 0 Å². The Kier molecular flexibility index (Phi) is 8.37. The Labute approximate surface area is 82.3 Å². The van der Waals surface area contributed by atoms with Crippen LogP contribution in [0.25, 0.3) is 0 Å². The van der Waals surface area contributed by atoms with Crippen LogP contribution in [0.4, 0.5) is 0 Å². The van der Waals surface area contributed by atoms with Crippen molar-refractivity contribution < 1.29 is 22.6 Å². The summed E-state index contributed by atoms with van der Waals surface area (Å²) in [6, 6.07) is 0. The number of aliphatic hydroxyl groups excluding tert-OH is 1. The van der Waals surface area contributed by atoms with E-state index in [2.05, 4.69) is 12.2 Å². The van der Waals surface area contributed by atoms with Crippen molar-refractivity contribution in [2.24, 2.45) is 5.73 Å². The SMILES string of the molecule is CCCC(O)C(N)=S.O=S(=O)(O)O. The van der Waals surface area contributed by atoms with Crippen LogP contribution in [0.15, 0.2) is 0 Å². The van der Waals surface area contributed by atoms with Gasteiger partial charge >= 0.3 is 10.4 Å². The first-order valence-corrected chi connectivity index (χ1v) is 5.16. The molecule has 0 aromatic rings. The lowest BCUT2D eigenvalue weighted by atomic mass is 10.2. The first-order chi connectivity index (χ1) is 5.68. The van der Waals surface area contributed by atoms with Gasteiger partial charge in [-0.2, -0.15) is 8.42 Å². The van der Waals surface area contributed by atoms with E-state index in [1.54, 1.807) is 0 Å². The van der Waals surface area contributed by atoms with E-state index >= 15 is 0 Å². The molecule has 0 rings (SSSR count). The highest BCUT2D eigenvalue weighted by molar-refractivity contribution is 7.80. The minimum Gasteiger partial charge on any atom is -0.391 e. The first-order valence-electron chi connectivity index (χ1n) is 3.35. The van der Waals surface area contributed by atoms with E-state index in [1.165, 1.54) is 0 Å². The summed E-state index contributed by atoms with van der Waals surface area (Å²) >= 11 is 4.51. The Morgan fingerprint density at radius 1 is 1.54 bits per heavy atom. The molecule has 0 fully saturated rings. The van der Waals surface area contributed by atoms with Crippen LogP contribution in [0, 0.1) is 0 Å². The van der Waals surface area contributed by atoms with Gasteiger partial charge in [-0.25, -0.2) is 0 Å². The summed E-state index contributed by atoms with van der Waals surface area (Å²) in [6.45, 7) is 1.97. The Hall–Kier alpha value is -0.280. The van der Waals surface area contributed by atoms with Crippen LogP contribution < -0.4 is 5.73 Å². The molecule has 0 radical (unpaired) electrons. The zero-order chi connectivity index (χ0) is 11.1. The van der Waals surface area contributed by atoms with Crippen molar-refractivity contribution in [1.82, 2.24) is 0 Å². The molecule has 0 aromatic heterocycles. The molecule has 0 aromatic carbocycles. The van der Waals surface area contributed by atoms with Crippen LogP contribution in [0.1, 0.15) is 19.8 Å². The van der Waals surface area contributed by atoms with E-state index in [9.17, 15) is 0 Å². The van der Waals surface area contributed by atoms with E-state index in [1.807, 2.05) is 6.92 Å². The second kappa shape index (κ2) is 7.15. The van der Waals surface area contributed by atoms with E-state index < -0.39 is 16.5 Å². The molecule has 0 bridgehead atoms. The average Bonchev–Trinajstić information content (AvgIpc) is 1.84. The number of hydrogen-bond acceptors (Lipinski definition) is 4. The second-order valence-corrected chi connectivity index (χ2v) is 3.52. The van der Waals surface area contributed by atoms with Crippen LogP contribution in [0.3, 0.4) is 0 Å². The van der Waals surface area contributed by atoms with Crippen molar-refractivity contribution in [1.29, 1.82) is 0 Å². The Morgan fingerprint density at radius 2 is 1.85 bits per heavy atom. The van der Waals surface area contributed by atoms with E-state index in [4.69, 9.17) is 28.4 Å². The molecule has 0 aliphatic carbocycles. The molecular formula is C5H13NO5S2. The number of rotatable bonds is 3. The predicted molar refractivity (Wildman–Crippen MR) is 51.9 cm³/mol.